The Morgan fingerprint density at radius 2 is 1.88 bits per heavy atom. The predicted octanol–water partition coefficient (Wildman–Crippen LogP) is 2.45. The summed E-state index contributed by atoms with van der Waals surface area (Å²) in [6.45, 7) is 5.92. The Labute approximate surface area is 102 Å². The summed E-state index contributed by atoms with van der Waals surface area (Å²) in [6.07, 6.45) is 2.33. The van der Waals surface area contributed by atoms with Crippen LogP contribution in [0.15, 0.2) is 24.3 Å². The Kier molecular flexibility index (Phi) is 2.71. The van der Waals surface area contributed by atoms with Gasteiger partial charge in [-0.25, -0.2) is 0 Å². The normalized spacial score (nSPS) is 21.6. The number of piperidine rings is 1. The monoisotopic (exact) mass is 233 g/mol. The lowest BCUT2D eigenvalue weighted by Gasteiger charge is -2.32. The van der Waals surface area contributed by atoms with Crippen LogP contribution in [0, 0.1) is 0 Å². The fourth-order valence-corrected chi connectivity index (χ4v) is 2.48. The van der Waals surface area contributed by atoms with Crippen molar-refractivity contribution >= 4 is 5.69 Å². The third kappa shape index (κ3) is 2.25. The molecule has 3 rings (SSSR count). The number of hydrogen-bond acceptors (Lipinski definition) is 3. The molecule has 2 aliphatic heterocycles. The van der Waals surface area contributed by atoms with Crippen molar-refractivity contribution < 1.29 is 9.47 Å². The highest BCUT2D eigenvalue weighted by Gasteiger charge is 2.46. The quantitative estimate of drug-likeness (QED) is 0.750. The molecule has 3 nitrogen and oxygen atoms in total. The van der Waals surface area contributed by atoms with Gasteiger partial charge in [0.15, 0.2) is 0 Å². The second-order valence-electron chi connectivity index (χ2n) is 4.89. The highest BCUT2D eigenvalue weighted by atomic mass is 16.6. The van der Waals surface area contributed by atoms with E-state index in [1.807, 2.05) is 6.92 Å². The van der Waals surface area contributed by atoms with Crippen molar-refractivity contribution in [3.05, 3.63) is 24.3 Å². The molecule has 2 aliphatic rings. The molecule has 17 heavy (non-hydrogen) atoms. The van der Waals surface area contributed by atoms with Crippen LogP contribution in [-0.4, -0.2) is 31.9 Å². The van der Waals surface area contributed by atoms with Gasteiger partial charge in [-0.15, -0.1) is 0 Å². The molecule has 0 radical (unpaired) electrons. The topological polar surface area (TPSA) is 25.0 Å². The molecule has 0 unspecified atom stereocenters. The van der Waals surface area contributed by atoms with Gasteiger partial charge in [0.2, 0.25) is 0 Å². The summed E-state index contributed by atoms with van der Waals surface area (Å²) in [7, 11) is 0. The maximum Gasteiger partial charge on any atom is 0.119 e. The van der Waals surface area contributed by atoms with Crippen LogP contribution in [-0.2, 0) is 4.74 Å². The molecule has 0 aromatic heterocycles. The third-order valence-corrected chi connectivity index (χ3v) is 3.74. The van der Waals surface area contributed by atoms with Crippen molar-refractivity contribution in [3.8, 4) is 5.75 Å². The largest absolute Gasteiger partial charge is 0.494 e. The van der Waals surface area contributed by atoms with Gasteiger partial charge in [-0.2, -0.15) is 0 Å². The molecular formula is C14H19NO2. The maximum atomic E-state index is 5.53. The molecule has 1 aromatic rings. The SMILES string of the molecule is CCOc1ccc(N2CCC3(CC2)CO3)cc1. The number of anilines is 1. The van der Waals surface area contributed by atoms with Crippen LogP contribution in [0.4, 0.5) is 5.69 Å². The zero-order valence-electron chi connectivity index (χ0n) is 10.3. The highest BCUT2D eigenvalue weighted by molar-refractivity contribution is 5.49. The molecule has 92 valence electrons. The van der Waals surface area contributed by atoms with E-state index in [-0.39, 0.29) is 5.60 Å². The molecule has 0 bridgehead atoms. The molecule has 2 saturated heterocycles. The summed E-state index contributed by atoms with van der Waals surface area (Å²) in [5.41, 5.74) is 1.56. The second kappa shape index (κ2) is 4.22. The molecule has 1 spiro atoms. The second-order valence-corrected chi connectivity index (χ2v) is 4.89. The smallest absolute Gasteiger partial charge is 0.119 e. The lowest BCUT2D eigenvalue weighted by atomic mass is 9.97. The van der Waals surface area contributed by atoms with E-state index in [2.05, 4.69) is 29.2 Å². The van der Waals surface area contributed by atoms with E-state index in [0.717, 1.165) is 32.1 Å². The average molecular weight is 233 g/mol. The van der Waals surface area contributed by atoms with Crippen LogP contribution in [0.2, 0.25) is 0 Å². The summed E-state index contributed by atoms with van der Waals surface area (Å²) >= 11 is 0. The fraction of sp³-hybridized carbons (Fsp3) is 0.571. The van der Waals surface area contributed by atoms with E-state index in [1.165, 1.54) is 18.5 Å². The first-order chi connectivity index (χ1) is 8.31. The minimum Gasteiger partial charge on any atom is -0.494 e. The number of nitrogens with zero attached hydrogens (tertiary/aromatic N) is 1. The first kappa shape index (κ1) is 10.9. The van der Waals surface area contributed by atoms with Gasteiger partial charge in [0.1, 0.15) is 5.75 Å². The van der Waals surface area contributed by atoms with Crippen molar-refractivity contribution in [2.75, 3.05) is 31.2 Å². The van der Waals surface area contributed by atoms with Crippen molar-refractivity contribution in [1.82, 2.24) is 0 Å². The summed E-state index contributed by atoms with van der Waals surface area (Å²) in [4.78, 5) is 2.43. The third-order valence-electron chi connectivity index (χ3n) is 3.74. The van der Waals surface area contributed by atoms with Crippen LogP contribution >= 0.6 is 0 Å². The Balaban J connectivity index is 1.63. The molecule has 0 N–H and O–H groups in total. The molecule has 0 saturated carbocycles. The molecule has 2 fully saturated rings. The number of epoxide rings is 1. The molecular weight excluding hydrogens is 214 g/mol. The first-order valence-electron chi connectivity index (χ1n) is 6.43. The van der Waals surface area contributed by atoms with E-state index >= 15 is 0 Å². The Morgan fingerprint density at radius 1 is 1.24 bits per heavy atom. The van der Waals surface area contributed by atoms with Gasteiger partial charge in [0, 0.05) is 18.8 Å². The van der Waals surface area contributed by atoms with Crippen LogP contribution in [0.5, 0.6) is 5.75 Å². The highest BCUT2D eigenvalue weighted by Crippen LogP contribution is 2.38. The van der Waals surface area contributed by atoms with E-state index in [9.17, 15) is 0 Å². The first-order valence-corrected chi connectivity index (χ1v) is 6.43. The van der Waals surface area contributed by atoms with Crippen molar-refractivity contribution in [3.63, 3.8) is 0 Å². The van der Waals surface area contributed by atoms with Gasteiger partial charge < -0.3 is 14.4 Å². The summed E-state index contributed by atoms with van der Waals surface area (Å²) in [6, 6.07) is 8.40. The molecule has 0 atom stereocenters. The minimum atomic E-state index is 0.266. The van der Waals surface area contributed by atoms with Gasteiger partial charge in [-0.1, -0.05) is 0 Å². The minimum absolute atomic E-state index is 0.266. The van der Waals surface area contributed by atoms with E-state index < -0.39 is 0 Å². The van der Waals surface area contributed by atoms with Crippen LogP contribution in [0.3, 0.4) is 0 Å². The number of ether oxygens (including phenoxy) is 2. The van der Waals surface area contributed by atoms with Gasteiger partial charge >= 0.3 is 0 Å². The number of benzene rings is 1. The van der Waals surface area contributed by atoms with Gasteiger partial charge in [-0.05, 0) is 44.0 Å². The standard InChI is InChI=1S/C14H19NO2/c1-2-16-13-5-3-12(4-6-13)15-9-7-14(8-10-15)11-17-14/h3-6H,2,7-11H2,1H3. The molecule has 0 aliphatic carbocycles. The molecule has 2 heterocycles. The Hall–Kier alpha value is -1.22. The van der Waals surface area contributed by atoms with E-state index in [0.29, 0.717) is 0 Å². The van der Waals surface area contributed by atoms with Gasteiger partial charge in [-0.3, -0.25) is 0 Å². The van der Waals surface area contributed by atoms with Gasteiger partial charge in [0.25, 0.3) is 0 Å². The number of hydrogen-bond donors (Lipinski definition) is 0. The van der Waals surface area contributed by atoms with Crippen LogP contribution in [0.1, 0.15) is 19.8 Å². The summed E-state index contributed by atoms with van der Waals surface area (Å²) in [5.74, 6) is 0.954. The Bertz CT molecular complexity index is 374. The molecule has 1 aromatic carbocycles. The zero-order chi connectivity index (χ0) is 11.7. The fourth-order valence-electron chi connectivity index (χ4n) is 2.48. The van der Waals surface area contributed by atoms with Crippen LogP contribution in [0.25, 0.3) is 0 Å². The van der Waals surface area contributed by atoms with Crippen molar-refractivity contribution in [2.45, 2.75) is 25.4 Å². The lowest BCUT2D eigenvalue weighted by molar-refractivity contribution is 0.258. The molecule has 3 heteroatoms. The average Bonchev–Trinajstić information content (AvgIpc) is 3.12. The van der Waals surface area contributed by atoms with Crippen molar-refractivity contribution in [2.24, 2.45) is 0 Å². The molecule has 0 amide bonds. The summed E-state index contributed by atoms with van der Waals surface area (Å²) in [5, 5.41) is 0. The summed E-state index contributed by atoms with van der Waals surface area (Å²) < 4.78 is 11.0. The van der Waals surface area contributed by atoms with E-state index in [4.69, 9.17) is 9.47 Å². The maximum absolute atomic E-state index is 5.53. The lowest BCUT2D eigenvalue weighted by Crippen LogP contribution is -2.37. The van der Waals surface area contributed by atoms with Crippen LogP contribution < -0.4 is 9.64 Å². The Morgan fingerprint density at radius 3 is 2.41 bits per heavy atom. The van der Waals surface area contributed by atoms with E-state index in [1.54, 1.807) is 0 Å². The van der Waals surface area contributed by atoms with Crippen molar-refractivity contribution in [1.29, 1.82) is 0 Å². The van der Waals surface area contributed by atoms with Gasteiger partial charge in [0.05, 0.1) is 18.8 Å². The zero-order valence-corrected chi connectivity index (χ0v) is 10.3. The predicted molar refractivity (Wildman–Crippen MR) is 67.7 cm³/mol. The number of rotatable bonds is 3.